The van der Waals surface area contributed by atoms with E-state index in [0.717, 1.165) is 25.3 Å². The first-order valence-electron chi connectivity index (χ1n) is 9.51. The molecule has 1 aromatic heterocycles. The Kier molecular flexibility index (Phi) is 6.97. The summed E-state index contributed by atoms with van der Waals surface area (Å²) in [6, 6.07) is 12.7. The zero-order valence-electron chi connectivity index (χ0n) is 16.1. The van der Waals surface area contributed by atoms with Crippen LogP contribution in [0.25, 0.3) is 0 Å². The van der Waals surface area contributed by atoms with Crippen LogP contribution in [0.4, 0.5) is 5.82 Å². The van der Waals surface area contributed by atoms with E-state index < -0.39 is 0 Å². The van der Waals surface area contributed by atoms with Crippen molar-refractivity contribution in [1.29, 1.82) is 0 Å². The van der Waals surface area contributed by atoms with Crippen molar-refractivity contribution in [3.8, 4) is 0 Å². The van der Waals surface area contributed by atoms with E-state index in [1.54, 1.807) is 37.6 Å². The Balaban J connectivity index is 1.57. The number of nitrogens with one attached hydrogen (secondary N) is 1. The van der Waals surface area contributed by atoms with Crippen LogP contribution in [0.5, 0.6) is 0 Å². The fourth-order valence-corrected chi connectivity index (χ4v) is 3.18. The van der Waals surface area contributed by atoms with Gasteiger partial charge in [0.2, 0.25) is 0 Å². The molecule has 3 rings (SSSR count). The highest BCUT2D eigenvalue weighted by molar-refractivity contribution is 5.99. The van der Waals surface area contributed by atoms with Gasteiger partial charge < -0.3 is 19.9 Å². The second-order valence-electron chi connectivity index (χ2n) is 6.65. The third-order valence-corrected chi connectivity index (χ3v) is 4.72. The van der Waals surface area contributed by atoms with Gasteiger partial charge in [0, 0.05) is 63.8 Å². The van der Waals surface area contributed by atoms with Gasteiger partial charge >= 0.3 is 0 Å². The van der Waals surface area contributed by atoms with Gasteiger partial charge in [0.25, 0.3) is 11.8 Å². The number of amides is 2. The summed E-state index contributed by atoms with van der Waals surface area (Å²) in [7, 11) is 1.63. The Morgan fingerprint density at radius 3 is 2.57 bits per heavy atom. The second kappa shape index (κ2) is 9.85. The first-order chi connectivity index (χ1) is 13.7. The predicted molar refractivity (Wildman–Crippen MR) is 108 cm³/mol. The number of carbonyl (C=O) groups excluding carboxylic acids is 2. The highest BCUT2D eigenvalue weighted by Crippen LogP contribution is 2.15. The van der Waals surface area contributed by atoms with Crippen molar-refractivity contribution >= 4 is 17.6 Å². The van der Waals surface area contributed by atoms with Gasteiger partial charge in [-0.3, -0.25) is 9.59 Å². The number of ether oxygens (including phenoxy) is 1. The number of benzene rings is 1. The minimum absolute atomic E-state index is 0.0466. The zero-order valence-corrected chi connectivity index (χ0v) is 16.1. The number of piperazine rings is 1. The summed E-state index contributed by atoms with van der Waals surface area (Å²) in [5.74, 6) is 0.710. The highest BCUT2D eigenvalue weighted by atomic mass is 16.5. The van der Waals surface area contributed by atoms with Crippen LogP contribution < -0.4 is 10.2 Å². The van der Waals surface area contributed by atoms with E-state index in [9.17, 15) is 9.59 Å². The largest absolute Gasteiger partial charge is 0.385 e. The van der Waals surface area contributed by atoms with Gasteiger partial charge in [-0.2, -0.15) is 0 Å². The van der Waals surface area contributed by atoms with E-state index in [4.69, 9.17) is 4.74 Å². The van der Waals surface area contributed by atoms with E-state index in [1.165, 1.54) is 0 Å². The lowest BCUT2D eigenvalue weighted by molar-refractivity contribution is 0.0746. The maximum absolute atomic E-state index is 12.9. The first kappa shape index (κ1) is 19.8. The van der Waals surface area contributed by atoms with Crippen molar-refractivity contribution in [2.24, 2.45) is 0 Å². The Labute approximate surface area is 165 Å². The fraction of sp³-hybridized carbons (Fsp3) is 0.381. The molecule has 148 valence electrons. The quantitative estimate of drug-likeness (QED) is 0.740. The zero-order chi connectivity index (χ0) is 19.8. The summed E-state index contributed by atoms with van der Waals surface area (Å²) in [5.41, 5.74) is 1.03. The number of hydrogen-bond donors (Lipinski definition) is 1. The minimum Gasteiger partial charge on any atom is -0.385 e. The van der Waals surface area contributed by atoms with Crippen molar-refractivity contribution in [3.05, 3.63) is 59.8 Å². The van der Waals surface area contributed by atoms with E-state index in [1.807, 2.05) is 23.1 Å². The molecule has 1 saturated heterocycles. The molecule has 1 aliphatic heterocycles. The van der Waals surface area contributed by atoms with E-state index in [0.29, 0.717) is 37.4 Å². The van der Waals surface area contributed by atoms with E-state index in [2.05, 4.69) is 15.2 Å². The maximum Gasteiger partial charge on any atom is 0.253 e. The monoisotopic (exact) mass is 382 g/mol. The number of pyridine rings is 1. The van der Waals surface area contributed by atoms with Crippen molar-refractivity contribution in [1.82, 2.24) is 15.2 Å². The van der Waals surface area contributed by atoms with Gasteiger partial charge in [0.15, 0.2) is 0 Å². The molecule has 7 heteroatoms. The lowest BCUT2D eigenvalue weighted by Gasteiger charge is -2.35. The summed E-state index contributed by atoms with van der Waals surface area (Å²) in [5, 5.41) is 2.85. The summed E-state index contributed by atoms with van der Waals surface area (Å²) in [6.07, 6.45) is 2.53. The second-order valence-corrected chi connectivity index (χ2v) is 6.65. The summed E-state index contributed by atoms with van der Waals surface area (Å²) in [6.45, 7) is 3.88. The Bertz CT molecular complexity index is 789. The average molecular weight is 382 g/mol. The van der Waals surface area contributed by atoms with Crippen LogP contribution in [0, 0.1) is 0 Å². The van der Waals surface area contributed by atoms with Crippen molar-refractivity contribution in [2.45, 2.75) is 6.42 Å². The van der Waals surface area contributed by atoms with Gasteiger partial charge in [0.1, 0.15) is 5.82 Å². The van der Waals surface area contributed by atoms with Gasteiger partial charge in [-0.15, -0.1) is 0 Å². The molecule has 1 N–H and O–H groups in total. The van der Waals surface area contributed by atoms with Crippen molar-refractivity contribution < 1.29 is 14.3 Å². The highest BCUT2D eigenvalue weighted by Gasteiger charge is 2.23. The number of rotatable bonds is 7. The third kappa shape index (κ3) is 5.07. The van der Waals surface area contributed by atoms with E-state index in [-0.39, 0.29) is 11.8 Å². The summed E-state index contributed by atoms with van der Waals surface area (Å²) < 4.78 is 4.97. The molecule has 1 aromatic carbocycles. The average Bonchev–Trinajstić information content (AvgIpc) is 2.77. The predicted octanol–water partition coefficient (Wildman–Crippen LogP) is 1.81. The molecule has 0 atom stereocenters. The molecule has 0 bridgehead atoms. The Morgan fingerprint density at radius 2 is 1.86 bits per heavy atom. The topological polar surface area (TPSA) is 74.8 Å². The standard InChI is InChI=1S/C21H26N4O3/c1-28-15-5-10-23-20(26)17-6-4-7-18(16-17)21(27)25-13-11-24(12-14-25)19-8-2-3-9-22-19/h2-4,6-9,16H,5,10-15H2,1H3,(H,23,26). The maximum atomic E-state index is 12.9. The SMILES string of the molecule is COCCCNC(=O)c1cccc(C(=O)N2CCN(c3ccccn3)CC2)c1. The molecule has 2 aromatic rings. The molecular weight excluding hydrogens is 356 g/mol. The number of nitrogens with zero attached hydrogens (tertiary/aromatic N) is 3. The number of aromatic nitrogens is 1. The number of hydrogen-bond acceptors (Lipinski definition) is 5. The van der Waals surface area contributed by atoms with Crippen molar-refractivity contribution in [3.63, 3.8) is 0 Å². The van der Waals surface area contributed by atoms with Crippen LogP contribution in [-0.2, 0) is 4.74 Å². The Hall–Kier alpha value is -2.93. The van der Waals surface area contributed by atoms with E-state index >= 15 is 0 Å². The van der Waals surface area contributed by atoms with Crippen LogP contribution in [0.15, 0.2) is 48.7 Å². The van der Waals surface area contributed by atoms with Gasteiger partial charge in [-0.25, -0.2) is 4.98 Å². The smallest absolute Gasteiger partial charge is 0.253 e. The minimum atomic E-state index is -0.175. The molecule has 0 saturated carbocycles. The van der Waals surface area contributed by atoms with Crippen LogP contribution in [0.1, 0.15) is 27.1 Å². The molecule has 0 unspecified atom stereocenters. The molecule has 2 heterocycles. The Morgan fingerprint density at radius 1 is 1.07 bits per heavy atom. The van der Waals surface area contributed by atoms with Gasteiger partial charge in [-0.05, 0) is 36.8 Å². The molecule has 28 heavy (non-hydrogen) atoms. The fourth-order valence-electron chi connectivity index (χ4n) is 3.18. The summed E-state index contributed by atoms with van der Waals surface area (Å²) >= 11 is 0. The molecule has 1 fully saturated rings. The molecular formula is C21H26N4O3. The number of anilines is 1. The molecule has 0 spiro atoms. The lowest BCUT2D eigenvalue weighted by Crippen LogP contribution is -2.49. The first-order valence-corrected chi connectivity index (χ1v) is 9.51. The third-order valence-electron chi connectivity index (χ3n) is 4.72. The molecule has 7 nitrogen and oxygen atoms in total. The normalized spacial score (nSPS) is 14.0. The van der Waals surface area contributed by atoms with Crippen LogP contribution in [-0.4, -0.2) is 68.1 Å². The van der Waals surface area contributed by atoms with Gasteiger partial charge in [0.05, 0.1) is 0 Å². The summed E-state index contributed by atoms with van der Waals surface area (Å²) in [4.78, 5) is 33.5. The molecule has 0 radical (unpaired) electrons. The van der Waals surface area contributed by atoms with Crippen molar-refractivity contribution in [2.75, 3.05) is 51.3 Å². The van der Waals surface area contributed by atoms with Gasteiger partial charge in [-0.1, -0.05) is 12.1 Å². The number of methoxy groups -OCH3 is 1. The van der Waals surface area contributed by atoms with Crippen LogP contribution in [0.3, 0.4) is 0 Å². The van der Waals surface area contributed by atoms with Crippen LogP contribution in [0.2, 0.25) is 0 Å². The number of carbonyl (C=O) groups is 2. The molecule has 2 amide bonds. The lowest BCUT2D eigenvalue weighted by atomic mass is 10.1. The molecule has 1 aliphatic rings. The molecule has 0 aliphatic carbocycles. The van der Waals surface area contributed by atoms with Crippen LogP contribution >= 0.6 is 0 Å².